The van der Waals surface area contributed by atoms with Crippen LogP contribution in [0.1, 0.15) is 37.2 Å². The van der Waals surface area contributed by atoms with Crippen molar-refractivity contribution in [1.29, 1.82) is 0 Å². The zero-order valence-corrected chi connectivity index (χ0v) is 17.5. The lowest BCUT2D eigenvalue weighted by Crippen LogP contribution is -2.40. The van der Waals surface area contributed by atoms with Crippen LogP contribution in [-0.4, -0.2) is 11.7 Å². The number of halogens is 1. The van der Waals surface area contributed by atoms with Crippen molar-refractivity contribution in [1.82, 2.24) is 0 Å². The number of amides is 1. The van der Waals surface area contributed by atoms with Gasteiger partial charge >= 0.3 is 0 Å². The normalized spacial score (nSPS) is 19.6. The molecule has 0 radical (unpaired) electrons. The van der Waals surface area contributed by atoms with Crippen LogP contribution in [0.2, 0.25) is 0 Å². The number of rotatable bonds is 2. The topological polar surface area (TPSA) is 37.4 Å². The van der Waals surface area contributed by atoms with Crippen molar-refractivity contribution in [3.63, 3.8) is 0 Å². The molecule has 0 fully saturated rings. The lowest BCUT2D eigenvalue weighted by molar-refractivity contribution is -0.119. The second-order valence-electron chi connectivity index (χ2n) is 7.67. The molecule has 0 saturated heterocycles. The first kappa shape index (κ1) is 18.3. The Hall–Kier alpha value is -2.72. The van der Waals surface area contributed by atoms with Crippen LogP contribution in [0, 0.1) is 0 Å². The van der Waals surface area contributed by atoms with Crippen LogP contribution in [0.25, 0.3) is 10.8 Å². The maximum atomic E-state index is 13.3. The molecule has 1 heterocycles. The lowest BCUT2D eigenvalue weighted by atomic mass is 9.76. The minimum atomic E-state index is -0.178. The second kappa shape index (κ2) is 7.27. The van der Waals surface area contributed by atoms with E-state index in [0.717, 1.165) is 50.6 Å². The number of hydrogen-bond acceptors (Lipinski definition) is 2. The maximum Gasteiger partial charge on any atom is 0.232 e. The zero-order chi connectivity index (χ0) is 20.0. The van der Waals surface area contributed by atoms with Gasteiger partial charge in [-0.3, -0.25) is 14.5 Å². The molecule has 2 aliphatic rings. The van der Waals surface area contributed by atoms with Crippen molar-refractivity contribution in [2.45, 2.75) is 31.6 Å². The molecule has 5 rings (SSSR count). The first-order valence-electron chi connectivity index (χ1n) is 9.96. The van der Waals surface area contributed by atoms with E-state index in [0.29, 0.717) is 12.8 Å². The van der Waals surface area contributed by atoms with Crippen LogP contribution >= 0.6 is 15.9 Å². The Morgan fingerprint density at radius 2 is 1.62 bits per heavy atom. The summed E-state index contributed by atoms with van der Waals surface area (Å²) in [6.07, 6.45) is 2.42. The van der Waals surface area contributed by atoms with Gasteiger partial charge in [0.2, 0.25) is 5.91 Å². The summed E-state index contributed by atoms with van der Waals surface area (Å²) in [5.41, 5.74) is 3.62. The number of ketones is 1. The Morgan fingerprint density at radius 1 is 0.862 bits per heavy atom. The third-order valence-corrected chi connectivity index (χ3v) is 6.49. The molecule has 0 aromatic heterocycles. The summed E-state index contributed by atoms with van der Waals surface area (Å²) in [5, 5.41) is 2.26. The van der Waals surface area contributed by atoms with E-state index in [9.17, 15) is 9.59 Å². The van der Waals surface area contributed by atoms with Gasteiger partial charge in [0.1, 0.15) is 0 Å². The van der Waals surface area contributed by atoms with E-state index in [1.165, 1.54) is 0 Å². The highest BCUT2D eigenvalue weighted by Gasteiger charge is 2.40. The van der Waals surface area contributed by atoms with Gasteiger partial charge in [0, 0.05) is 40.2 Å². The average molecular weight is 446 g/mol. The number of benzene rings is 3. The molecule has 1 amide bonds. The van der Waals surface area contributed by atoms with Gasteiger partial charge < -0.3 is 0 Å². The molecule has 4 heteroatoms. The molecule has 1 atom stereocenters. The van der Waals surface area contributed by atoms with E-state index in [4.69, 9.17) is 0 Å². The van der Waals surface area contributed by atoms with Crippen LogP contribution in [0.4, 0.5) is 5.69 Å². The number of fused-ring (bicyclic) bond motifs is 1. The van der Waals surface area contributed by atoms with Gasteiger partial charge in [0.25, 0.3) is 0 Å². The molecule has 0 bridgehead atoms. The summed E-state index contributed by atoms with van der Waals surface area (Å²) in [6.45, 7) is 0. The SMILES string of the molecule is O=C1CCCC2=C1C(c1cccc3ccccc13)CC(=O)N2c1ccc(Br)cc1. The van der Waals surface area contributed by atoms with Crippen LogP contribution in [0.15, 0.2) is 82.5 Å². The lowest BCUT2D eigenvalue weighted by Gasteiger charge is -2.38. The first-order chi connectivity index (χ1) is 14.1. The largest absolute Gasteiger partial charge is 0.294 e. The minimum absolute atomic E-state index is 0.0544. The van der Waals surface area contributed by atoms with E-state index >= 15 is 0 Å². The molecular formula is C25H20BrNO2. The molecule has 3 aromatic carbocycles. The van der Waals surface area contributed by atoms with Crippen LogP contribution < -0.4 is 4.90 Å². The highest BCUT2D eigenvalue weighted by molar-refractivity contribution is 9.10. The van der Waals surface area contributed by atoms with E-state index in [2.05, 4.69) is 40.2 Å². The zero-order valence-electron chi connectivity index (χ0n) is 15.9. The maximum absolute atomic E-state index is 13.3. The standard InChI is InChI=1S/C25H20BrNO2/c26-17-11-13-18(14-12-17)27-22-9-4-10-23(28)25(22)21(15-24(27)29)20-8-3-6-16-5-1-2-7-19(16)20/h1-3,5-8,11-14,21H,4,9-10,15H2. The van der Waals surface area contributed by atoms with Crippen molar-refractivity contribution in [3.8, 4) is 0 Å². The van der Waals surface area contributed by atoms with Gasteiger partial charge in [-0.05, 0) is 53.4 Å². The Morgan fingerprint density at radius 3 is 2.45 bits per heavy atom. The Balaban J connectivity index is 1.70. The van der Waals surface area contributed by atoms with Crippen LogP contribution in [0.5, 0.6) is 0 Å². The van der Waals surface area contributed by atoms with Crippen LogP contribution in [-0.2, 0) is 9.59 Å². The summed E-state index contributed by atoms with van der Waals surface area (Å²) in [5.74, 6) is 0.0561. The fourth-order valence-corrected chi connectivity index (χ4v) is 4.97. The van der Waals surface area contributed by atoms with Crippen LogP contribution in [0.3, 0.4) is 0 Å². The third-order valence-electron chi connectivity index (χ3n) is 5.96. The number of carbonyl (C=O) groups excluding carboxylic acids is 2. The number of allylic oxidation sites excluding steroid dienone is 2. The third kappa shape index (κ3) is 3.12. The number of nitrogens with zero attached hydrogens (tertiary/aromatic N) is 1. The number of Topliss-reactive ketones (excluding diaryl/α,β-unsaturated/α-hetero) is 1. The highest BCUT2D eigenvalue weighted by atomic mass is 79.9. The molecule has 1 aliphatic carbocycles. The molecule has 1 aliphatic heterocycles. The number of hydrogen-bond donors (Lipinski definition) is 0. The van der Waals surface area contributed by atoms with E-state index < -0.39 is 0 Å². The van der Waals surface area contributed by atoms with Crippen molar-refractivity contribution >= 4 is 44.1 Å². The van der Waals surface area contributed by atoms with Gasteiger partial charge in [-0.25, -0.2) is 0 Å². The van der Waals surface area contributed by atoms with Crippen molar-refractivity contribution in [3.05, 3.63) is 88.0 Å². The minimum Gasteiger partial charge on any atom is -0.294 e. The molecule has 29 heavy (non-hydrogen) atoms. The average Bonchev–Trinajstić information content (AvgIpc) is 2.74. The van der Waals surface area contributed by atoms with Crippen molar-refractivity contribution in [2.75, 3.05) is 4.90 Å². The summed E-state index contributed by atoms with van der Waals surface area (Å²) >= 11 is 3.46. The monoisotopic (exact) mass is 445 g/mol. The number of carbonyl (C=O) groups is 2. The molecule has 144 valence electrons. The fraction of sp³-hybridized carbons (Fsp3) is 0.200. The van der Waals surface area contributed by atoms with E-state index in [1.807, 2.05) is 42.5 Å². The summed E-state index contributed by atoms with van der Waals surface area (Å²) in [6, 6.07) is 22.1. The predicted octanol–water partition coefficient (Wildman–Crippen LogP) is 6.13. The fourth-order valence-electron chi connectivity index (χ4n) is 4.70. The van der Waals surface area contributed by atoms with E-state index in [1.54, 1.807) is 4.90 Å². The van der Waals surface area contributed by atoms with Gasteiger partial charge in [-0.2, -0.15) is 0 Å². The molecule has 0 N–H and O–H groups in total. The molecular weight excluding hydrogens is 426 g/mol. The summed E-state index contributed by atoms with van der Waals surface area (Å²) in [4.78, 5) is 28.2. The molecule has 1 unspecified atom stereocenters. The Kier molecular flexibility index (Phi) is 4.59. The molecule has 3 aromatic rings. The Bertz CT molecular complexity index is 1160. The van der Waals surface area contributed by atoms with Gasteiger partial charge in [-0.1, -0.05) is 58.4 Å². The highest BCUT2D eigenvalue weighted by Crippen LogP contribution is 2.44. The number of anilines is 1. The second-order valence-corrected chi connectivity index (χ2v) is 8.58. The van der Waals surface area contributed by atoms with Gasteiger partial charge in [0.15, 0.2) is 5.78 Å². The van der Waals surface area contributed by atoms with E-state index in [-0.39, 0.29) is 17.6 Å². The first-order valence-corrected chi connectivity index (χ1v) is 10.8. The quantitative estimate of drug-likeness (QED) is 0.475. The van der Waals surface area contributed by atoms with Gasteiger partial charge in [-0.15, -0.1) is 0 Å². The molecule has 3 nitrogen and oxygen atoms in total. The smallest absolute Gasteiger partial charge is 0.232 e. The Labute approximate surface area is 178 Å². The van der Waals surface area contributed by atoms with Gasteiger partial charge in [0.05, 0.1) is 0 Å². The van der Waals surface area contributed by atoms with Crippen molar-refractivity contribution in [2.24, 2.45) is 0 Å². The summed E-state index contributed by atoms with van der Waals surface area (Å²) in [7, 11) is 0. The predicted molar refractivity (Wildman–Crippen MR) is 119 cm³/mol. The molecule has 0 spiro atoms. The summed E-state index contributed by atoms with van der Waals surface area (Å²) < 4.78 is 0.966. The molecule has 0 saturated carbocycles. The van der Waals surface area contributed by atoms with Crippen molar-refractivity contribution < 1.29 is 9.59 Å².